The highest BCUT2D eigenvalue weighted by atomic mass is 32.2. The van der Waals surface area contributed by atoms with Crippen molar-refractivity contribution >= 4 is 26.6 Å². The van der Waals surface area contributed by atoms with Gasteiger partial charge in [-0.2, -0.15) is 0 Å². The van der Waals surface area contributed by atoms with Crippen molar-refractivity contribution in [2.75, 3.05) is 6.26 Å². The molecule has 6 heteroatoms. The largest absolute Gasteiger partial charge is 0.331 e. The molecule has 2 fully saturated rings. The molecule has 2 saturated heterocycles. The quantitative estimate of drug-likeness (QED) is 0.839. The summed E-state index contributed by atoms with van der Waals surface area (Å²) in [6.07, 6.45) is 4.18. The van der Waals surface area contributed by atoms with Crippen molar-refractivity contribution in [3.63, 3.8) is 0 Å². The van der Waals surface area contributed by atoms with Crippen molar-refractivity contribution in [2.45, 2.75) is 43.0 Å². The van der Waals surface area contributed by atoms with Gasteiger partial charge in [-0.1, -0.05) is 24.3 Å². The Bertz CT molecular complexity index is 895. The molecule has 24 heavy (non-hydrogen) atoms. The predicted octanol–water partition coefficient (Wildman–Crippen LogP) is 2.42. The van der Waals surface area contributed by atoms with E-state index in [2.05, 4.69) is 4.98 Å². The molecule has 2 aromatic rings. The van der Waals surface area contributed by atoms with Crippen LogP contribution in [0.5, 0.6) is 0 Å². The summed E-state index contributed by atoms with van der Waals surface area (Å²) >= 11 is 0. The smallest absolute Gasteiger partial charge is 0.272 e. The highest BCUT2D eigenvalue weighted by Crippen LogP contribution is 2.38. The van der Waals surface area contributed by atoms with Crippen molar-refractivity contribution in [1.82, 2.24) is 9.88 Å². The number of pyridine rings is 1. The maximum Gasteiger partial charge on any atom is 0.272 e. The highest BCUT2D eigenvalue weighted by molar-refractivity contribution is 7.91. The van der Waals surface area contributed by atoms with Crippen LogP contribution in [0.2, 0.25) is 0 Å². The third kappa shape index (κ3) is 2.59. The zero-order valence-corrected chi connectivity index (χ0v) is 14.4. The number of amides is 1. The molecule has 5 nitrogen and oxygen atoms in total. The van der Waals surface area contributed by atoms with Crippen LogP contribution < -0.4 is 0 Å². The summed E-state index contributed by atoms with van der Waals surface area (Å²) in [5.41, 5.74) is 1.25. The van der Waals surface area contributed by atoms with Crippen molar-refractivity contribution < 1.29 is 13.2 Å². The van der Waals surface area contributed by atoms with Crippen LogP contribution in [0.25, 0.3) is 10.9 Å². The lowest BCUT2D eigenvalue weighted by Gasteiger charge is -2.38. The molecule has 0 saturated carbocycles. The standard InChI is InChI=1S/C18H20N2O3S/c1-24(22,23)15-10-13-7-8-14(11-15)20(13)18(21)17-9-6-12-4-2-3-5-16(12)19-17/h2-6,9,13-15H,7-8,10-11H2,1H3. The second-order valence-corrected chi connectivity index (χ2v) is 9.24. The Kier molecular flexibility index (Phi) is 3.60. The van der Waals surface area contributed by atoms with Crippen LogP contribution in [0, 0.1) is 0 Å². The van der Waals surface area contributed by atoms with E-state index in [0.29, 0.717) is 18.5 Å². The number of carbonyl (C=O) groups excluding carboxylic acids is 1. The first kappa shape index (κ1) is 15.6. The second-order valence-electron chi connectivity index (χ2n) is 6.91. The van der Waals surface area contributed by atoms with Crippen molar-refractivity contribution in [1.29, 1.82) is 0 Å². The number of carbonyl (C=O) groups is 1. The summed E-state index contributed by atoms with van der Waals surface area (Å²) in [5, 5.41) is 0.691. The van der Waals surface area contributed by atoms with Gasteiger partial charge < -0.3 is 4.90 Å². The molecule has 0 radical (unpaired) electrons. The Morgan fingerprint density at radius 1 is 1.08 bits per heavy atom. The molecule has 2 bridgehead atoms. The molecule has 0 spiro atoms. The number of para-hydroxylation sites is 1. The fourth-order valence-corrected chi connectivity index (χ4v) is 5.27. The first-order valence-corrected chi connectivity index (χ1v) is 10.3. The van der Waals surface area contributed by atoms with E-state index in [0.717, 1.165) is 23.7 Å². The molecule has 2 aliphatic heterocycles. The first-order valence-electron chi connectivity index (χ1n) is 8.31. The van der Waals surface area contributed by atoms with Gasteiger partial charge in [0.1, 0.15) is 15.5 Å². The Labute approximate surface area is 141 Å². The number of benzene rings is 1. The van der Waals surface area contributed by atoms with Crippen molar-refractivity contribution in [3.8, 4) is 0 Å². The monoisotopic (exact) mass is 344 g/mol. The number of fused-ring (bicyclic) bond motifs is 3. The zero-order chi connectivity index (χ0) is 16.9. The molecule has 2 unspecified atom stereocenters. The number of nitrogens with zero attached hydrogens (tertiary/aromatic N) is 2. The fourth-order valence-electron chi connectivity index (χ4n) is 4.13. The summed E-state index contributed by atoms with van der Waals surface area (Å²) in [7, 11) is -3.05. The summed E-state index contributed by atoms with van der Waals surface area (Å²) in [6, 6.07) is 11.4. The van der Waals surface area contributed by atoms with Crippen LogP contribution in [0.3, 0.4) is 0 Å². The van der Waals surface area contributed by atoms with Crippen LogP contribution in [0.15, 0.2) is 36.4 Å². The maximum atomic E-state index is 13.0. The van der Waals surface area contributed by atoms with E-state index in [4.69, 9.17) is 0 Å². The number of piperidine rings is 1. The minimum absolute atomic E-state index is 0.0178. The second kappa shape index (κ2) is 5.55. The summed E-state index contributed by atoms with van der Waals surface area (Å²) in [5.74, 6) is -0.0693. The van der Waals surface area contributed by atoms with Crippen LogP contribution >= 0.6 is 0 Å². The normalized spacial score (nSPS) is 26.7. The third-order valence-electron chi connectivity index (χ3n) is 5.35. The van der Waals surface area contributed by atoms with E-state index < -0.39 is 9.84 Å². The minimum Gasteiger partial charge on any atom is -0.331 e. The summed E-state index contributed by atoms with van der Waals surface area (Å²) in [6.45, 7) is 0. The minimum atomic E-state index is -3.05. The first-order chi connectivity index (χ1) is 11.4. The van der Waals surface area contributed by atoms with Gasteiger partial charge in [0.05, 0.1) is 10.8 Å². The molecule has 1 amide bonds. The molecule has 126 valence electrons. The van der Waals surface area contributed by atoms with Gasteiger partial charge in [-0.15, -0.1) is 0 Å². The van der Waals surface area contributed by atoms with Crippen LogP contribution in [0.4, 0.5) is 0 Å². The zero-order valence-electron chi connectivity index (χ0n) is 13.6. The van der Waals surface area contributed by atoms with Gasteiger partial charge in [0.2, 0.25) is 0 Å². The third-order valence-corrected chi connectivity index (χ3v) is 6.94. The Hall–Kier alpha value is -1.95. The van der Waals surface area contributed by atoms with Gasteiger partial charge in [-0.05, 0) is 37.8 Å². The Morgan fingerprint density at radius 2 is 1.75 bits per heavy atom. The molecular formula is C18H20N2O3S. The van der Waals surface area contributed by atoms with Gasteiger partial charge in [-0.3, -0.25) is 4.79 Å². The van der Waals surface area contributed by atoms with Gasteiger partial charge in [-0.25, -0.2) is 13.4 Å². The predicted molar refractivity (Wildman–Crippen MR) is 92.6 cm³/mol. The number of hydrogen-bond donors (Lipinski definition) is 0. The van der Waals surface area contributed by atoms with Gasteiger partial charge in [0.25, 0.3) is 5.91 Å². The van der Waals surface area contributed by atoms with E-state index in [1.165, 1.54) is 6.26 Å². The van der Waals surface area contributed by atoms with E-state index >= 15 is 0 Å². The number of rotatable bonds is 2. The lowest BCUT2D eigenvalue weighted by Crippen LogP contribution is -2.49. The Morgan fingerprint density at radius 3 is 2.42 bits per heavy atom. The molecular weight excluding hydrogens is 324 g/mol. The average Bonchev–Trinajstić information content (AvgIpc) is 2.82. The van der Waals surface area contributed by atoms with Crippen molar-refractivity contribution in [3.05, 3.63) is 42.1 Å². The summed E-state index contributed by atoms with van der Waals surface area (Å²) in [4.78, 5) is 19.4. The SMILES string of the molecule is CS(=O)(=O)C1CC2CCC(C1)N2C(=O)c1ccc2ccccc2n1. The number of hydrogen-bond acceptors (Lipinski definition) is 4. The molecule has 0 aliphatic carbocycles. The van der Waals surface area contributed by atoms with E-state index in [1.54, 1.807) is 6.07 Å². The molecule has 3 heterocycles. The molecule has 2 atom stereocenters. The maximum absolute atomic E-state index is 13.0. The molecule has 4 rings (SSSR count). The number of aromatic nitrogens is 1. The van der Waals surface area contributed by atoms with Gasteiger partial charge in [0.15, 0.2) is 0 Å². The number of sulfone groups is 1. The molecule has 1 aromatic carbocycles. The lowest BCUT2D eigenvalue weighted by molar-refractivity contribution is 0.0592. The van der Waals surface area contributed by atoms with Crippen LogP contribution in [-0.4, -0.2) is 47.8 Å². The van der Waals surface area contributed by atoms with E-state index in [1.807, 2.05) is 35.2 Å². The van der Waals surface area contributed by atoms with Crippen LogP contribution in [-0.2, 0) is 9.84 Å². The van der Waals surface area contributed by atoms with E-state index in [9.17, 15) is 13.2 Å². The van der Waals surface area contributed by atoms with Gasteiger partial charge in [0, 0.05) is 23.7 Å². The lowest BCUT2D eigenvalue weighted by atomic mass is 10.0. The molecule has 1 aromatic heterocycles. The fraction of sp³-hybridized carbons (Fsp3) is 0.444. The topological polar surface area (TPSA) is 67.3 Å². The highest BCUT2D eigenvalue weighted by Gasteiger charge is 2.46. The summed E-state index contributed by atoms with van der Waals surface area (Å²) < 4.78 is 23.8. The van der Waals surface area contributed by atoms with Crippen LogP contribution in [0.1, 0.15) is 36.2 Å². The van der Waals surface area contributed by atoms with Gasteiger partial charge >= 0.3 is 0 Å². The van der Waals surface area contributed by atoms with Crippen molar-refractivity contribution in [2.24, 2.45) is 0 Å². The molecule has 0 N–H and O–H groups in total. The average molecular weight is 344 g/mol. The van der Waals surface area contributed by atoms with E-state index in [-0.39, 0.29) is 23.2 Å². The Balaban J connectivity index is 1.63. The molecule has 2 aliphatic rings.